The van der Waals surface area contributed by atoms with Gasteiger partial charge in [0.2, 0.25) is 5.95 Å². The summed E-state index contributed by atoms with van der Waals surface area (Å²) in [4.78, 5) is 32.5. The van der Waals surface area contributed by atoms with Crippen LogP contribution in [0.15, 0.2) is 23.1 Å². The summed E-state index contributed by atoms with van der Waals surface area (Å²) in [6.07, 6.45) is 2.99. The fourth-order valence-electron chi connectivity index (χ4n) is 3.23. The summed E-state index contributed by atoms with van der Waals surface area (Å²) < 4.78 is 10.5. The van der Waals surface area contributed by atoms with Crippen molar-refractivity contribution in [3.05, 3.63) is 34.9 Å². The quantitative estimate of drug-likeness (QED) is 0.565. The van der Waals surface area contributed by atoms with E-state index < -0.39 is 0 Å². The fraction of sp³-hybridized carbons (Fsp3) is 0.421. The molecule has 158 valence electrons. The van der Waals surface area contributed by atoms with E-state index in [1.165, 1.54) is 17.7 Å². The number of aromatic nitrogens is 4. The first-order valence-corrected chi connectivity index (χ1v) is 10.5. The van der Waals surface area contributed by atoms with Crippen LogP contribution in [0.5, 0.6) is 0 Å². The second-order valence-corrected chi connectivity index (χ2v) is 7.85. The summed E-state index contributed by atoms with van der Waals surface area (Å²) in [5.41, 5.74) is 2.08. The molecule has 4 rings (SSSR count). The Bertz CT molecular complexity index is 1020. The maximum Gasteiger partial charge on any atom is 0.350 e. The van der Waals surface area contributed by atoms with Crippen LogP contribution >= 0.6 is 11.3 Å². The number of rotatable bonds is 6. The van der Waals surface area contributed by atoms with E-state index in [4.69, 9.17) is 14.1 Å². The van der Waals surface area contributed by atoms with Crippen molar-refractivity contribution in [2.24, 2.45) is 0 Å². The van der Waals surface area contributed by atoms with Gasteiger partial charge in [-0.05, 0) is 27.0 Å². The number of hydrogen-bond acceptors (Lipinski definition) is 11. The standard InChI is InChI=1S/C19H23N7O3S/c1-4-28-17(27)16-11(2)22-19(30-16)25-18-23-12(14-8-20-5-6-26(14)3)7-13(24-18)15-9-21-10-29-15/h7,9-10,14,20H,4-6,8H2,1-3H3,(H,22,23,24,25). The molecule has 3 aromatic rings. The van der Waals surface area contributed by atoms with Crippen molar-refractivity contribution in [2.75, 3.05) is 38.6 Å². The van der Waals surface area contributed by atoms with E-state index in [2.05, 4.69) is 37.5 Å². The number of thiazole rings is 1. The molecule has 0 amide bonds. The van der Waals surface area contributed by atoms with Gasteiger partial charge in [0.1, 0.15) is 10.6 Å². The number of ether oxygens (including phenoxy) is 1. The molecule has 1 aliphatic rings. The first-order valence-electron chi connectivity index (χ1n) is 9.65. The predicted octanol–water partition coefficient (Wildman–Crippen LogP) is 2.39. The van der Waals surface area contributed by atoms with E-state index >= 15 is 0 Å². The SMILES string of the molecule is CCOC(=O)c1sc(Nc2nc(-c3cnco3)cc(C3CNCCN3C)n2)nc1C. The van der Waals surface area contributed by atoms with E-state index in [9.17, 15) is 4.79 Å². The lowest BCUT2D eigenvalue weighted by atomic mass is 10.1. The number of esters is 1. The zero-order valence-corrected chi connectivity index (χ0v) is 17.8. The molecule has 30 heavy (non-hydrogen) atoms. The van der Waals surface area contributed by atoms with E-state index in [1.807, 2.05) is 6.07 Å². The van der Waals surface area contributed by atoms with Crippen molar-refractivity contribution >= 4 is 28.4 Å². The molecule has 1 unspecified atom stereocenters. The van der Waals surface area contributed by atoms with E-state index in [0.29, 0.717) is 39.7 Å². The minimum atomic E-state index is -0.382. The summed E-state index contributed by atoms with van der Waals surface area (Å²) in [6.45, 7) is 6.50. The van der Waals surface area contributed by atoms with Gasteiger partial charge in [0.15, 0.2) is 17.3 Å². The smallest absolute Gasteiger partial charge is 0.350 e. The van der Waals surface area contributed by atoms with Gasteiger partial charge in [-0.3, -0.25) is 10.2 Å². The minimum Gasteiger partial charge on any atom is -0.462 e. The van der Waals surface area contributed by atoms with Crippen LogP contribution in [0.3, 0.4) is 0 Å². The number of aryl methyl sites for hydroxylation is 1. The van der Waals surface area contributed by atoms with Gasteiger partial charge in [-0.1, -0.05) is 11.3 Å². The second kappa shape index (κ2) is 8.86. The number of nitrogens with one attached hydrogen (secondary N) is 2. The lowest BCUT2D eigenvalue weighted by molar-refractivity contribution is 0.0531. The minimum absolute atomic E-state index is 0.0945. The zero-order valence-electron chi connectivity index (χ0n) is 17.0. The molecular weight excluding hydrogens is 406 g/mol. The number of likely N-dealkylation sites (N-methyl/N-ethyl adjacent to an activating group) is 1. The first kappa shape index (κ1) is 20.4. The molecule has 11 heteroatoms. The van der Waals surface area contributed by atoms with Crippen LogP contribution in [0.1, 0.15) is 34.0 Å². The molecule has 1 fully saturated rings. The molecule has 1 atom stereocenters. The van der Waals surface area contributed by atoms with Gasteiger partial charge in [0.25, 0.3) is 0 Å². The first-order chi connectivity index (χ1) is 14.5. The molecule has 10 nitrogen and oxygen atoms in total. The molecule has 4 heterocycles. The Balaban J connectivity index is 1.67. The van der Waals surface area contributed by atoms with Crippen LogP contribution in [-0.4, -0.2) is 64.1 Å². The fourth-order valence-corrected chi connectivity index (χ4v) is 4.08. The van der Waals surface area contributed by atoms with Crippen molar-refractivity contribution in [3.63, 3.8) is 0 Å². The Morgan fingerprint density at radius 2 is 2.30 bits per heavy atom. The highest BCUT2D eigenvalue weighted by Gasteiger charge is 2.24. The van der Waals surface area contributed by atoms with Gasteiger partial charge in [-0.25, -0.2) is 24.7 Å². The van der Waals surface area contributed by atoms with Crippen LogP contribution in [0.4, 0.5) is 11.1 Å². The summed E-state index contributed by atoms with van der Waals surface area (Å²) >= 11 is 1.21. The number of carbonyl (C=O) groups is 1. The third kappa shape index (κ3) is 4.32. The lowest BCUT2D eigenvalue weighted by Gasteiger charge is -2.32. The normalized spacial score (nSPS) is 17.1. The topological polar surface area (TPSA) is 118 Å². The highest BCUT2D eigenvalue weighted by molar-refractivity contribution is 7.17. The highest BCUT2D eigenvalue weighted by atomic mass is 32.1. The average Bonchev–Trinajstić information content (AvgIpc) is 3.38. The molecule has 0 saturated carbocycles. The largest absolute Gasteiger partial charge is 0.462 e. The Labute approximate surface area is 177 Å². The van der Waals surface area contributed by atoms with E-state index in [-0.39, 0.29) is 12.0 Å². The Kier molecular flexibility index (Phi) is 6.02. The number of hydrogen-bond donors (Lipinski definition) is 2. The molecule has 1 aliphatic heterocycles. The van der Waals surface area contributed by atoms with Crippen LogP contribution in [0, 0.1) is 6.92 Å². The van der Waals surface area contributed by atoms with Crippen LogP contribution in [0.2, 0.25) is 0 Å². The van der Waals surface area contributed by atoms with Crippen molar-refractivity contribution in [1.29, 1.82) is 0 Å². The van der Waals surface area contributed by atoms with Crippen LogP contribution in [-0.2, 0) is 4.74 Å². The summed E-state index contributed by atoms with van der Waals surface area (Å²) in [7, 11) is 2.07. The van der Waals surface area contributed by atoms with Gasteiger partial charge >= 0.3 is 5.97 Å². The molecular formula is C19H23N7O3S. The zero-order chi connectivity index (χ0) is 21.1. The van der Waals surface area contributed by atoms with Crippen molar-refractivity contribution in [1.82, 2.24) is 30.2 Å². The molecule has 1 saturated heterocycles. The number of anilines is 2. The molecule has 0 spiro atoms. The van der Waals surface area contributed by atoms with Crippen LogP contribution < -0.4 is 10.6 Å². The summed E-state index contributed by atoms with van der Waals surface area (Å²) in [6, 6.07) is 2.01. The van der Waals surface area contributed by atoms with Gasteiger partial charge < -0.3 is 14.5 Å². The number of carbonyl (C=O) groups excluding carboxylic acids is 1. The maximum absolute atomic E-state index is 12.1. The van der Waals surface area contributed by atoms with E-state index in [1.54, 1.807) is 20.0 Å². The molecule has 0 radical (unpaired) electrons. The van der Waals surface area contributed by atoms with Crippen molar-refractivity contribution < 1.29 is 13.9 Å². The molecule has 3 aromatic heterocycles. The van der Waals surface area contributed by atoms with Gasteiger partial charge in [-0.2, -0.15) is 0 Å². The predicted molar refractivity (Wildman–Crippen MR) is 112 cm³/mol. The van der Waals surface area contributed by atoms with Crippen molar-refractivity contribution in [3.8, 4) is 11.5 Å². The third-order valence-electron chi connectivity index (χ3n) is 4.76. The van der Waals surface area contributed by atoms with Gasteiger partial charge in [0, 0.05) is 19.6 Å². The van der Waals surface area contributed by atoms with E-state index in [0.717, 1.165) is 25.3 Å². The molecule has 2 N–H and O–H groups in total. The highest BCUT2D eigenvalue weighted by Crippen LogP contribution is 2.29. The molecule has 0 aromatic carbocycles. The second-order valence-electron chi connectivity index (χ2n) is 6.85. The lowest BCUT2D eigenvalue weighted by Crippen LogP contribution is -2.44. The molecule has 0 aliphatic carbocycles. The molecule has 0 bridgehead atoms. The number of oxazole rings is 1. The van der Waals surface area contributed by atoms with Crippen LogP contribution in [0.25, 0.3) is 11.5 Å². The number of nitrogens with zero attached hydrogens (tertiary/aromatic N) is 5. The maximum atomic E-state index is 12.1. The Morgan fingerprint density at radius 1 is 1.43 bits per heavy atom. The third-order valence-corrected chi connectivity index (χ3v) is 5.81. The summed E-state index contributed by atoms with van der Waals surface area (Å²) in [5.74, 6) is 0.546. The van der Waals surface area contributed by atoms with Gasteiger partial charge in [-0.15, -0.1) is 0 Å². The Morgan fingerprint density at radius 3 is 3.03 bits per heavy atom. The van der Waals surface area contributed by atoms with Crippen molar-refractivity contribution in [2.45, 2.75) is 19.9 Å². The average molecular weight is 430 g/mol. The Hall–Kier alpha value is -2.89. The summed E-state index contributed by atoms with van der Waals surface area (Å²) in [5, 5.41) is 7.06. The van der Waals surface area contributed by atoms with Gasteiger partial charge in [0.05, 0.1) is 30.2 Å². The number of piperazine rings is 1. The monoisotopic (exact) mass is 429 g/mol.